The second-order valence-corrected chi connectivity index (χ2v) is 7.26. The third-order valence-corrected chi connectivity index (χ3v) is 4.46. The van der Waals surface area contributed by atoms with Crippen LogP contribution in [-0.2, 0) is 11.3 Å². The van der Waals surface area contributed by atoms with Gasteiger partial charge in [0.1, 0.15) is 0 Å². The summed E-state index contributed by atoms with van der Waals surface area (Å²) in [5.41, 5.74) is 5.64. The van der Waals surface area contributed by atoms with Crippen LogP contribution in [0.3, 0.4) is 0 Å². The molecule has 1 amide bonds. The molecule has 1 aromatic carbocycles. The van der Waals surface area contributed by atoms with Gasteiger partial charge in [0.2, 0.25) is 5.91 Å². The molecule has 0 aromatic heterocycles. The first-order valence-corrected chi connectivity index (χ1v) is 10.2. The zero-order valence-electron chi connectivity index (χ0n) is 18.4. The van der Waals surface area contributed by atoms with Crippen molar-refractivity contribution in [1.29, 1.82) is 0 Å². The van der Waals surface area contributed by atoms with Gasteiger partial charge in [-0.1, -0.05) is 38.1 Å². The van der Waals surface area contributed by atoms with E-state index in [-0.39, 0.29) is 5.91 Å². The van der Waals surface area contributed by atoms with Crippen molar-refractivity contribution in [3.8, 4) is 0 Å². The number of benzene rings is 1. The lowest BCUT2D eigenvalue weighted by Crippen LogP contribution is -2.14. The molecule has 1 rings (SSSR count). The van der Waals surface area contributed by atoms with Crippen molar-refractivity contribution in [2.45, 2.75) is 59.9 Å². The summed E-state index contributed by atoms with van der Waals surface area (Å²) in [5, 5.41) is 6.39. The summed E-state index contributed by atoms with van der Waals surface area (Å²) in [6, 6.07) is 8.05. The quantitative estimate of drug-likeness (QED) is 0.488. The molecule has 0 fully saturated rings. The van der Waals surface area contributed by atoms with Gasteiger partial charge in [-0.05, 0) is 76.0 Å². The minimum absolute atomic E-state index is 0.0419. The van der Waals surface area contributed by atoms with Crippen molar-refractivity contribution in [3.05, 3.63) is 65.0 Å². The topological polar surface area (TPSA) is 44.4 Å². The van der Waals surface area contributed by atoms with E-state index in [4.69, 9.17) is 0 Å². The lowest BCUT2D eigenvalue weighted by Gasteiger charge is -2.13. The van der Waals surface area contributed by atoms with E-state index in [2.05, 4.69) is 61.4 Å². The Kier molecular flexibility index (Phi) is 11.0. The molecule has 0 saturated carbocycles. The Morgan fingerprint density at radius 3 is 2.50 bits per heavy atom. The normalized spacial score (nSPS) is 13.0. The molecule has 154 valence electrons. The van der Waals surface area contributed by atoms with Crippen molar-refractivity contribution >= 4 is 11.6 Å². The Balaban J connectivity index is 2.74. The van der Waals surface area contributed by atoms with Gasteiger partial charge in [0, 0.05) is 30.5 Å². The SMILES string of the molecule is C/C=C(CC)/C(=C\N/C(C)=C/CC)CCC(=O)Nc1cccc(CN(C)C)c1. The van der Waals surface area contributed by atoms with Gasteiger partial charge in [0.15, 0.2) is 0 Å². The van der Waals surface area contributed by atoms with Crippen molar-refractivity contribution in [2.75, 3.05) is 19.4 Å². The van der Waals surface area contributed by atoms with Crippen LogP contribution in [0, 0.1) is 0 Å². The number of anilines is 1. The summed E-state index contributed by atoms with van der Waals surface area (Å²) in [5.74, 6) is 0.0419. The van der Waals surface area contributed by atoms with Crippen LogP contribution in [0.25, 0.3) is 0 Å². The van der Waals surface area contributed by atoms with Crippen molar-refractivity contribution in [1.82, 2.24) is 10.2 Å². The lowest BCUT2D eigenvalue weighted by atomic mass is 9.99. The predicted molar refractivity (Wildman–Crippen MR) is 121 cm³/mol. The first-order chi connectivity index (χ1) is 13.4. The minimum atomic E-state index is 0.0419. The highest BCUT2D eigenvalue weighted by atomic mass is 16.1. The number of nitrogens with one attached hydrogen (secondary N) is 2. The maximum atomic E-state index is 12.5. The van der Waals surface area contributed by atoms with Crippen LogP contribution in [0.1, 0.15) is 58.9 Å². The second kappa shape index (κ2) is 12.9. The molecule has 0 saturated heterocycles. The molecule has 4 heteroatoms. The fourth-order valence-corrected chi connectivity index (χ4v) is 3.09. The molecular weight excluding hydrogens is 346 g/mol. The average Bonchev–Trinajstić information content (AvgIpc) is 2.64. The molecule has 0 aliphatic carbocycles. The van der Waals surface area contributed by atoms with Gasteiger partial charge >= 0.3 is 0 Å². The number of carbonyl (C=O) groups excluding carboxylic acids is 1. The molecule has 28 heavy (non-hydrogen) atoms. The molecule has 0 bridgehead atoms. The maximum absolute atomic E-state index is 12.5. The highest BCUT2D eigenvalue weighted by Gasteiger charge is 2.08. The predicted octanol–water partition coefficient (Wildman–Crippen LogP) is 5.61. The number of hydrogen-bond donors (Lipinski definition) is 2. The van der Waals surface area contributed by atoms with Crippen molar-refractivity contribution in [2.24, 2.45) is 0 Å². The zero-order chi connectivity index (χ0) is 20.9. The van der Waals surface area contributed by atoms with Crippen LogP contribution in [0.15, 0.2) is 59.5 Å². The standard InChI is InChI=1S/C24H37N3O/c1-7-11-19(4)25-17-22(21(8-2)9-3)14-15-24(28)26-23-13-10-12-20(16-23)18-27(5)6/h8,10-13,16-17,25H,7,9,14-15,18H2,1-6H3,(H,26,28)/b19-11+,21-8+,22-17-. The number of nitrogens with zero attached hydrogens (tertiary/aromatic N) is 1. The number of rotatable bonds is 11. The third-order valence-electron chi connectivity index (χ3n) is 4.46. The fraction of sp³-hybridized carbons (Fsp3) is 0.458. The molecule has 0 aliphatic rings. The Bertz CT molecular complexity index is 714. The molecule has 0 atom stereocenters. The molecule has 0 heterocycles. The van der Waals surface area contributed by atoms with Crippen LogP contribution < -0.4 is 10.6 Å². The van der Waals surface area contributed by atoms with Crippen LogP contribution in [0.4, 0.5) is 5.69 Å². The van der Waals surface area contributed by atoms with E-state index >= 15 is 0 Å². The van der Waals surface area contributed by atoms with Gasteiger partial charge < -0.3 is 15.5 Å². The van der Waals surface area contributed by atoms with Gasteiger partial charge in [-0.3, -0.25) is 4.79 Å². The monoisotopic (exact) mass is 383 g/mol. The molecule has 1 aromatic rings. The third kappa shape index (κ3) is 9.05. The van der Waals surface area contributed by atoms with E-state index in [9.17, 15) is 4.79 Å². The summed E-state index contributed by atoms with van der Waals surface area (Å²) in [4.78, 5) is 14.6. The van der Waals surface area contributed by atoms with Gasteiger partial charge in [-0.2, -0.15) is 0 Å². The van der Waals surface area contributed by atoms with Crippen LogP contribution >= 0.6 is 0 Å². The van der Waals surface area contributed by atoms with Crippen molar-refractivity contribution in [3.63, 3.8) is 0 Å². The Hall–Kier alpha value is -2.33. The molecule has 4 nitrogen and oxygen atoms in total. The second-order valence-electron chi connectivity index (χ2n) is 7.26. The first kappa shape index (κ1) is 23.7. The number of amides is 1. The fourth-order valence-electron chi connectivity index (χ4n) is 3.09. The smallest absolute Gasteiger partial charge is 0.224 e. The number of hydrogen-bond acceptors (Lipinski definition) is 3. The van der Waals surface area contributed by atoms with E-state index < -0.39 is 0 Å². The van der Waals surface area contributed by atoms with Crippen molar-refractivity contribution < 1.29 is 4.79 Å². The molecule has 2 N–H and O–H groups in total. The summed E-state index contributed by atoms with van der Waals surface area (Å²) in [6.45, 7) is 9.24. The summed E-state index contributed by atoms with van der Waals surface area (Å²) >= 11 is 0. The first-order valence-electron chi connectivity index (χ1n) is 10.2. The zero-order valence-corrected chi connectivity index (χ0v) is 18.4. The van der Waals surface area contributed by atoms with E-state index in [1.807, 2.05) is 38.5 Å². The van der Waals surface area contributed by atoms with Crippen LogP contribution in [0.5, 0.6) is 0 Å². The number of carbonyl (C=O) groups is 1. The molecule has 0 radical (unpaired) electrons. The highest BCUT2D eigenvalue weighted by molar-refractivity contribution is 5.90. The van der Waals surface area contributed by atoms with E-state index in [0.29, 0.717) is 12.8 Å². The van der Waals surface area contributed by atoms with E-state index in [1.165, 1.54) is 16.7 Å². The molecule has 0 aliphatic heterocycles. The van der Waals surface area contributed by atoms with Gasteiger partial charge in [-0.25, -0.2) is 0 Å². The van der Waals surface area contributed by atoms with Gasteiger partial charge in [0.05, 0.1) is 0 Å². The van der Waals surface area contributed by atoms with Crippen LogP contribution in [0.2, 0.25) is 0 Å². The Morgan fingerprint density at radius 1 is 1.14 bits per heavy atom. The van der Waals surface area contributed by atoms with E-state index in [0.717, 1.165) is 30.8 Å². The molecule has 0 spiro atoms. The minimum Gasteiger partial charge on any atom is -0.365 e. The Morgan fingerprint density at radius 2 is 1.89 bits per heavy atom. The summed E-state index contributed by atoms with van der Waals surface area (Å²) < 4.78 is 0. The average molecular weight is 384 g/mol. The van der Waals surface area contributed by atoms with Gasteiger partial charge in [-0.15, -0.1) is 0 Å². The summed E-state index contributed by atoms with van der Waals surface area (Å²) in [6.07, 6.45) is 9.46. The largest absolute Gasteiger partial charge is 0.365 e. The highest BCUT2D eigenvalue weighted by Crippen LogP contribution is 2.20. The van der Waals surface area contributed by atoms with E-state index in [1.54, 1.807) is 0 Å². The Labute approximate surface area is 171 Å². The molecular formula is C24H37N3O. The maximum Gasteiger partial charge on any atom is 0.224 e. The lowest BCUT2D eigenvalue weighted by molar-refractivity contribution is -0.116. The number of allylic oxidation sites excluding steroid dienone is 5. The summed E-state index contributed by atoms with van der Waals surface area (Å²) in [7, 11) is 4.08. The van der Waals surface area contributed by atoms with Crippen LogP contribution in [-0.4, -0.2) is 24.9 Å². The van der Waals surface area contributed by atoms with Gasteiger partial charge in [0.25, 0.3) is 0 Å². The molecule has 0 unspecified atom stereocenters.